The van der Waals surface area contributed by atoms with E-state index < -0.39 is 225 Å². The van der Waals surface area contributed by atoms with Gasteiger partial charge in [-0.15, -0.1) is 0 Å². The molecule has 35 heteroatoms. The summed E-state index contributed by atoms with van der Waals surface area (Å²) in [5.74, 6) is -9.98. The molecule has 0 saturated carbocycles. The number of phenols is 1. The minimum Gasteiger partial charge on any atom is -0.508 e. The first-order valence-electron chi connectivity index (χ1n) is 39.8. The molecule has 22 atom stereocenters. The molecule has 0 spiro atoms. The molecule has 4 saturated heterocycles. The third-order valence-electron chi connectivity index (χ3n) is 22.0. The van der Waals surface area contributed by atoms with Crippen LogP contribution in [0.2, 0.25) is 0 Å². The van der Waals surface area contributed by atoms with Gasteiger partial charge in [0.25, 0.3) is 0 Å². The number of thioether (sulfide) groups is 1. The quantitative estimate of drug-likeness (QED) is 0.0253. The average molecular weight is 1610 g/mol. The van der Waals surface area contributed by atoms with Gasteiger partial charge in [-0.05, 0) is 105 Å². The number of nitrogens with two attached hydrogens (primary N) is 1. The summed E-state index contributed by atoms with van der Waals surface area (Å²) in [6, 6.07) is -4.27. The maximum Gasteiger partial charge on any atom is 0.248 e. The van der Waals surface area contributed by atoms with Crippen molar-refractivity contribution in [3.05, 3.63) is 65.7 Å². The van der Waals surface area contributed by atoms with Crippen LogP contribution in [0.15, 0.2) is 54.6 Å². The first-order valence-corrected chi connectivity index (χ1v) is 41.2. The first kappa shape index (κ1) is 93.7. The number of rotatable bonds is 39. The Bertz CT molecular complexity index is 3450. The smallest absolute Gasteiger partial charge is 0.248 e. The van der Waals surface area contributed by atoms with Crippen LogP contribution in [0.25, 0.3) is 0 Å². The maximum absolute atomic E-state index is 15.6. The molecule has 632 valence electrons. The Morgan fingerprint density at radius 1 is 0.664 bits per heavy atom. The van der Waals surface area contributed by atoms with E-state index in [2.05, 4.69) is 73.9 Å². The summed E-state index contributed by atoms with van der Waals surface area (Å²) in [5.41, 5.74) is 6.39. The van der Waals surface area contributed by atoms with E-state index in [4.69, 9.17) is 5.73 Å². The number of nitrogens with one attached hydrogen (secondary N) is 10. The fourth-order valence-corrected chi connectivity index (χ4v) is 15.4. The van der Waals surface area contributed by atoms with Crippen LogP contribution in [0.4, 0.5) is 0 Å². The van der Waals surface area contributed by atoms with Gasteiger partial charge in [-0.1, -0.05) is 128 Å². The second-order valence-corrected chi connectivity index (χ2v) is 31.9. The standard InChI is InChI=1S/C78H124N14O20S/c1-9-43(3)36-44(4)20-16-13-11-12-14-19-23-60(100)82-54-40-59(99)68(80-32-31-79)89-75(109)65-58(98)29-34-91(65)78(112)63(87-74(108)64(67(102)66(101)49-24-26-50(95)27-25-49)88-72(106)56-39-51(96)41-92(56)77(111)62(47(7)94)86-71(54)105)57(97)28-33-90-46(6)37-55(76(90)110)84-70(104)53(38-48-21-17-15-18-22-48)83-73(107)61(45(5)10-2)85-69(103)52(81-42-93)30-35-113-8/h15,17-18,21-22,24-27,42-47,51-59,61-68,80,94-99,101-102H,9-14,16,19-20,23,28-41,79H2,1-8H3,(H,81,93)(H,82,100)(H,83,107)(H,84,104)(H,85,103)(H,86,105)(H,87,108)(H,88,106)(H,89,109)/t43-,44+,45?,46?,47+,51+,52-,53-,54-,55-,56-,57+,58-,59+,61-,62-,63-,64-,65-,66-,67-,68-/m0/s1. The normalized spacial score (nSPS) is 26.2. The number of phenolic OH excluding ortho intramolecular Hbond substituents is 1. The third kappa shape index (κ3) is 27.5. The molecule has 2 unspecified atom stereocenters. The van der Waals surface area contributed by atoms with Crippen molar-refractivity contribution in [2.24, 2.45) is 23.5 Å². The number of likely N-dealkylation sites (tertiary alicyclic amines) is 1. The monoisotopic (exact) mass is 1610 g/mol. The van der Waals surface area contributed by atoms with Crippen LogP contribution >= 0.6 is 11.8 Å². The fraction of sp³-hybridized carbons (Fsp3) is 0.692. The van der Waals surface area contributed by atoms with E-state index in [1.165, 1.54) is 35.2 Å². The minimum atomic E-state index is -2.43. The molecule has 6 rings (SSSR count). The van der Waals surface area contributed by atoms with Gasteiger partial charge < -0.3 is 109 Å². The second-order valence-electron chi connectivity index (χ2n) is 30.9. The molecule has 2 aromatic rings. The number of carbonyl (C=O) groups is 12. The zero-order chi connectivity index (χ0) is 83.3. The number of benzene rings is 2. The van der Waals surface area contributed by atoms with Gasteiger partial charge >= 0.3 is 0 Å². The lowest BCUT2D eigenvalue weighted by molar-refractivity contribution is -0.148. The Kier molecular flexibility index (Phi) is 38.5. The SMILES string of the molecule is CCC(C)[C@H](NC(=O)[C@H](CCSC)NC=O)C(=O)N[C@@H](Cc1ccccc1)C(=O)N[C@H]1CC(C)N(CC[C@@H](O)[C@@H]2NC(=O)[C@H]([C@H](O)[C@@H](O)c3ccc(O)cc3)NC(=O)[C@@H]3C[C@@H](O)CN3C(=O)[C@H]([C@@H](C)O)NC(=O)[C@@H](NC(=O)CCCCCCCC[C@@H](C)C[C@@H](C)CC)C[C@@H](O)[C@@H](NCCN)NC(=O)[C@@H]3[C@@H](O)CCN3C2=O)C1=O. The molecule has 113 heavy (non-hydrogen) atoms. The molecule has 12 amide bonds. The van der Waals surface area contributed by atoms with Crippen molar-refractivity contribution < 1.29 is 98.4 Å². The topological polar surface area (TPSA) is 523 Å². The van der Waals surface area contributed by atoms with Crippen molar-refractivity contribution >= 4 is 83.2 Å². The number of hydrogen-bond donors (Lipinski definition) is 19. The number of carbonyl (C=O) groups excluding carboxylic acids is 12. The first-order chi connectivity index (χ1) is 53.8. The van der Waals surface area contributed by atoms with E-state index in [1.54, 1.807) is 51.1 Å². The molecule has 4 aliphatic rings. The van der Waals surface area contributed by atoms with Crippen molar-refractivity contribution in [1.29, 1.82) is 0 Å². The average Bonchev–Trinajstić information content (AvgIpc) is 1.71. The Hall–Kier alpha value is -8.13. The zero-order valence-corrected chi connectivity index (χ0v) is 67.1. The molecule has 0 bridgehead atoms. The van der Waals surface area contributed by atoms with Crippen LogP contribution in [0, 0.1) is 17.8 Å². The number of fused-ring (bicyclic) bond motifs is 2. The van der Waals surface area contributed by atoms with Crippen LogP contribution in [0.3, 0.4) is 0 Å². The van der Waals surface area contributed by atoms with Crippen LogP contribution in [-0.2, 0) is 64.0 Å². The lowest BCUT2D eigenvalue weighted by Crippen LogP contribution is -2.65. The Balaban J connectivity index is 1.34. The maximum atomic E-state index is 15.6. The number of nitrogens with zero attached hydrogens (tertiary/aromatic N) is 3. The highest BCUT2D eigenvalue weighted by molar-refractivity contribution is 7.98. The number of aliphatic hydroxyl groups excluding tert-OH is 7. The fourth-order valence-electron chi connectivity index (χ4n) is 14.9. The molecule has 0 aromatic heterocycles. The Morgan fingerprint density at radius 3 is 1.96 bits per heavy atom. The Labute approximate surface area is 665 Å². The number of unbranched alkanes of at least 4 members (excludes halogenated alkanes) is 5. The lowest BCUT2D eigenvalue weighted by Gasteiger charge is -2.35. The highest BCUT2D eigenvalue weighted by atomic mass is 32.2. The second kappa shape index (κ2) is 46.4. The summed E-state index contributed by atoms with van der Waals surface area (Å²) >= 11 is 1.45. The molecule has 4 fully saturated rings. The number of aliphatic hydroxyl groups is 7. The van der Waals surface area contributed by atoms with Gasteiger partial charge in [0.2, 0.25) is 71.4 Å². The minimum absolute atomic E-state index is 0.0407. The van der Waals surface area contributed by atoms with E-state index >= 15 is 9.59 Å². The van der Waals surface area contributed by atoms with E-state index in [0.717, 1.165) is 67.4 Å². The highest BCUT2D eigenvalue weighted by Crippen LogP contribution is 2.29. The van der Waals surface area contributed by atoms with Gasteiger partial charge in [0, 0.05) is 64.4 Å². The lowest BCUT2D eigenvalue weighted by atomic mass is 9.91. The molecule has 4 heterocycles. The predicted octanol–water partition coefficient (Wildman–Crippen LogP) is -2.04. The molecule has 4 aliphatic heterocycles. The van der Waals surface area contributed by atoms with Crippen LogP contribution in [0.1, 0.15) is 175 Å². The Morgan fingerprint density at radius 2 is 1.32 bits per heavy atom. The van der Waals surface area contributed by atoms with Crippen molar-refractivity contribution in [1.82, 2.24) is 67.9 Å². The van der Waals surface area contributed by atoms with E-state index in [0.29, 0.717) is 48.8 Å². The molecular weight excluding hydrogens is 1490 g/mol. The summed E-state index contributed by atoms with van der Waals surface area (Å²) < 4.78 is 0. The number of aromatic hydroxyl groups is 1. The summed E-state index contributed by atoms with van der Waals surface area (Å²) in [5, 5.41) is 119. The summed E-state index contributed by atoms with van der Waals surface area (Å²) in [7, 11) is 0. The highest BCUT2D eigenvalue weighted by Gasteiger charge is 2.50. The van der Waals surface area contributed by atoms with Crippen LogP contribution in [0.5, 0.6) is 5.75 Å². The summed E-state index contributed by atoms with van der Waals surface area (Å²) in [4.78, 5) is 176. The summed E-state index contributed by atoms with van der Waals surface area (Å²) in [6.07, 6.45) is -6.29. The van der Waals surface area contributed by atoms with Crippen LogP contribution in [-0.4, -0.2) is 281 Å². The van der Waals surface area contributed by atoms with Gasteiger partial charge in [-0.2, -0.15) is 11.8 Å². The van der Waals surface area contributed by atoms with Gasteiger partial charge in [-0.25, -0.2) is 0 Å². The predicted molar refractivity (Wildman–Crippen MR) is 418 cm³/mol. The molecule has 2 aromatic carbocycles. The van der Waals surface area contributed by atoms with E-state index in [-0.39, 0.29) is 56.5 Å². The van der Waals surface area contributed by atoms with Gasteiger partial charge in [0.05, 0.1) is 30.5 Å². The molecule has 34 nitrogen and oxygen atoms in total. The van der Waals surface area contributed by atoms with E-state index in [1.807, 2.05) is 6.26 Å². The van der Waals surface area contributed by atoms with Gasteiger partial charge in [0.15, 0.2) is 0 Å². The largest absolute Gasteiger partial charge is 0.508 e. The molecule has 0 aliphatic carbocycles. The zero-order valence-electron chi connectivity index (χ0n) is 66.2. The molecule has 0 radical (unpaired) electrons. The molecule has 20 N–H and O–H groups in total. The van der Waals surface area contributed by atoms with E-state index in [9.17, 15) is 88.8 Å². The molecular formula is C78H124N14O20S. The third-order valence-corrected chi connectivity index (χ3v) is 22.7. The van der Waals surface area contributed by atoms with Crippen molar-refractivity contribution in [2.45, 2.75) is 279 Å². The summed E-state index contributed by atoms with van der Waals surface area (Å²) in [6.45, 7) is 11.3. The van der Waals surface area contributed by atoms with Crippen molar-refractivity contribution in [3.8, 4) is 5.75 Å². The van der Waals surface area contributed by atoms with Crippen molar-refractivity contribution in [3.63, 3.8) is 0 Å². The number of amides is 12. The van der Waals surface area contributed by atoms with Crippen LogP contribution < -0.4 is 58.9 Å². The van der Waals surface area contributed by atoms with Gasteiger partial charge in [-0.3, -0.25) is 62.9 Å². The number of hydrogen-bond acceptors (Lipinski definition) is 23. The van der Waals surface area contributed by atoms with Crippen molar-refractivity contribution in [2.75, 3.05) is 44.7 Å². The van der Waals surface area contributed by atoms with Gasteiger partial charge in [0.1, 0.15) is 84.5 Å².